The van der Waals surface area contributed by atoms with Crippen molar-refractivity contribution in [2.24, 2.45) is 17.7 Å². The Morgan fingerprint density at radius 2 is 1.50 bits per heavy atom. The SMILES string of the molecule is CCCC(C)CC(NN)C(C(F)(F)F)C(F)(F)F. The van der Waals surface area contributed by atoms with Crippen molar-refractivity contribution in [2.75, 3.05) is 0 Å². The van der Waals surface area contributed by atoms with E-state index in [1.54, 1.807) is 12.3 Å². The summed E-state index contributed by atoms with van der Waals surface area (Å²) in [5.74, 6) is 1.16. The van der Waals surface area contributed by atoms with Gasteiger partial charge in [-0.05, 0) is 12.3 Å². The lowest BCUT2D eigenvalue weighted by Crippen LogP contribution is -2.53. The molecule has 0 spiro atoms. The molecule has 110 valence electrons. The van der Waals surface area contributed by atoms with Crippen LogP contribution >= 0.6 is 0 Å². The zero-order chi connectivity index (χ0) is 14.6. The summed E-state index contributed by atoms with van der Waals surface area (Å²) in [4.78, 5) is 0. The smallest absolute Gasteiger partial charge is 0.271 e. The summed E-state index contributed by atoms with van der Waals surface area (Å²) < 4.78 is 74.8. The predicted molar refractivity (Wildman–Crippen MR) is 55.4 cm³/mol. The Morgan fingerprint density at radius 1 is 1.06 bits per heavy atom. The maximum Gasteiger partial charge on any atom is 0.402 e. The topological polar surface area (TPSA) is 38.0 Å². The van der Waals surface area contributed by atoms with Crippen LogP contribution in [0.5, 0.6) is 0 Å². The molecule has 2 atom stereocenters. The van der Waals surface area contributed by atoms with Crippen molar-refractivity contribution in [1.29, 1.82) is 0 Å². The third-order valence-electron chi connectivity index (χ3n) is 2.76. The van der Waals surface area contributed by atoms with Gasteiger partial charge in [0.25, 0.3) is 0 Å². The molecule has 0 amide bonds. The van der Waals surface area contributed by atoms with E-state index in [4.69, 9.17) is 5.84 Å². The van der Waals surface area contributed by atoms with Crippen molar-refractivity contribution in [2.45, 2.75) is 51.5 Å². The molecule has 2 nitrogen and oxygen atoms in total. The molecule has 0 aliphatic heterocycles. The molecule has 0 aliphatic carbocycles. The largest absolute Gasteiger partial charge is 0.402 e. The van der Waals surface area contributed by atoms with Gasteiger partial charge in [0.2, 0.25) is 0 Å². The number of hydrazine groups is 1. The quantitative estimate of drug-likeness (QED) is 0.444. The van der Waals surface area contributed by atoms with Crippen LogP contribution in [0.2, 0.25) is 0 Å². The summed E-state index contributed by atoms with van der Waals surface area (Å²) in [5.41, 5.74) is 1.66. The molecule has 0 radical (unpaired) electrons. The molecule has 0 aliphatic rings. The molecule has 0 heterocycles. The fraction of sp³-hybridized carbons (Fsp3) is 1.00. The van der Waals surface area contributed by atoms with Crippen molar-refractivity contribution in [1.82, 2.24) is 5.43 Å². The standard InChI is InChI=1S/C10H18F6N2/c1-3-4-6(2)5-7(18-17)8(9(11,12)13)10(14,15)16/h6-8,18H,3-5,17H2,1-2H3. The van der Waals surface area contributed by atoms with E-state index in [0.717, 1.165) is 0 Å². The zero-order valence-corrected chi connectivity index (χ0v) is 10.2. The molecule has 0 saturated carbocycles. The minimum atomic E-state index is -5.36. The summed E-state index contributed by atoms with van der Waals surface area (Å²) in [6.07, 6.45) is -9.74. The second kappa shape index (κ2) is 6.60. The minimum Gasteiger partial charge on any atom is -0.271 e. The lowest BCUT2D eigenvalue weighted by Gasteiger charge is -2.31. The second-order valence-corrected chi connectivity index (χ2v) is 4.46. The summed E-state index contributed by atoms with van der Waals surface area (Å²) in [6.45, 7) is 3.42. The minimum absolute atomic E-state index is 0.261. The van der Waals surface area contributed by atoms with Gasteiger partial charge in [0.05, 0.1) is 0 Å². The Hall–Kier alpha value is -0.500. The van der Waals surface area contributed by atoms with E-state index in [1.165, 1.54) is 0 Å². The molecule has 3 N–H and O–H groups in total. The van der Waals surface area contributed by atoms with Crippen LogP contribution < -0.4 is 11.3 Å². The zero-order valence-electron chi connectivity index (χ0n) is 10.2. The first-order valence-corrected chi connectivity index (χ1v) is 5.63. The number of hydrogen-bond acceptors (Lipinski definition) is 2. The first kappa shape index (κ1) is 17.5. The van der Waals surface area contributed by atoms with Gasteiger partial charge in [-0.15, -0.1) is 0 Å². The number of nitrogens with two attached hydrogens (primary N) is 1. The van der Waals surface area contributed by atoms with Crippen LogP contribution in [0.15, 0.2) is 0 Å². The van der Waals surface area contributed by atoms with Gasteiger partial charge in [-0.3, -0.25) is 11.3 Å². The van der Waals surface area contributed by atoms with E-state index in [2.05, 4.69) is 0 Å². The van der Waals surface area contributed by atoms with Gasteiger partial charge in [-0.2, -0.15) is 26.3 Å². The van der Waals surface area contributed by atoms with Crippen LogP contribution in [0.3, 0.4) is 0 Å². The maximum atomic E-state index is 12.5. The number of nitrogens with one attached hydrogen (secondary N) is 1. The first-order valence-electron chi connectivity index (χ1n) is 5.63. The number of halogens is 6. The van der Waals surface area contributed by atoms with Gasteiger partial charge in [-0.1, -0.05) is 26.7 Å². The highest BCUT2D eigenvalue weighted by molar-refractivity contribution is 4.87. The molecule has 0 saturated heterocycles. The molecular weight excluding hydrogens is 262 g/mol. The van der Waals surface area contributed by atoms with Crippen LogP contribution in [-0.2, 0) is 0 Å². The summed E-state index contributed by atoms with van der Waals surface area (Å²) in [7, 11) is 0. The van der Waals surface area contributed by atoms with Gasteiger partial charge in [0, 0.05) is 6.04 Å². The lowest BCUT2D eigenvalue weighted by molar-refractivity contribution is -0.292. The van der Waals surface area contributed by atoms with Gasteiger partial charge in [-0.25, -0.2) is 0 Å². The van der Waals surface area contributed by atoms with Crippen LogP contribution in [0.4, 0.5) is 26.3 Å². The van der Waals surface area contributed by atoms with E-state index in [1.807, 2.05) is 6.92 Å². The van der Waals surface area contributed by atoms with Crippen molar-refractivity contribution in [3.05, 3.63) is 0 Å². The summed E-state index contributed by atoms with van der Waals surface area (Å²) >= 11 is 0. The number of alkyl halides is 6. The predicted octanol–water partition coefficient (Wildman–Crippen LogP) is 3.39. The Bertz CT molecular complexity index is 224. The number of hydrogen-bond donors (Lipinski definition) is 2. The van der Waals surface area contributed by atoms with E-state index in [-0.39, 0.29) is 12.3 Å². The second-order valence-electron chi connectivity index (χ2n) is 4.46. The Kier molecular flexibility index (Phi) is 6.42. The normalized spacial score (nSPS) is 17.0. The van der Waals surface area contributed by atoms with Crippen molar-refractivity contribution < 1.29 is 26.3 Å². The highest BCUT2D eigenvalue weighted by Gasteiger charge is 2.60. The van der Waals surface area contributed by atoms with E-state index in [0.29, 0.717) is 12.8 Å². The van der Waals surface area contributed by atoms with Crippen molar-refractivity contribution in [3.8, 4) is 0 Å². The van der Waals surface area contributed by atoms with E-state index >= 15 is 0 Å². The molecule has 18 heavy (non-hydrogen) atoms. The average molecular weight is 280 g/mol. The molecule has 8 heteroatoms. The van der Waals surface area contributed by atoms with Gasteiger partial charge in [0.15, 0.2) is 5.92 Å². The summed E-state index contributed by atoms with van der Waals surface area (Å²) in [6, 6.07) is -1.86. The van der Waals surface area contributed by atoms with Gasteiger partial charge >= 0.3 is 12.4 Å². The molecule has 0 aromatic rings. The third kappa shape index (κ3) is 5.43. The molecule has 0 rings (SSSR count). The van der Waals surface area contributed by atoms with E-state index in [9.17, 15) is 26.3 Å². The molecule has 2 unspecified atom stereocenters. The van der Waals surface area contributed by atoms with Gasteiger partial charge in [0.1, 0.15) is 0 Å². The fourth-order valence-corrected chi connectivity index (χ4v) is 1.99. The van der Waals surface area contributed by atoms with Crippen LogP contribution in [-0.4, -0.2) is 18.4 Å². The molecule has 0 fully saturated rings. The highest BCUT2D eigenvalue weighted by atomic mass is 19.4. The number of rotatable bonds is 6. The Morgan fingerprint density at radius 3 is 1.78 bits per heavy atom. The van der Waals surface area contributed by atoms with E-state index < -0.39 is 24.3 Å². The Labute approximate surface area is 102 Å². The molecule has 0 aromatic carbocycles. The molecular formula is C10H18F6N2. The van der Waals surface area contributed by atoms with Gasteiger partial charge < -0.3 is 0 Å². The summed E-state index contributed by atoms with van der Waals surface area (Å²) in [5, 5.41) is 0. The first-order chi connectivity index (χ1) is 8.04. The molecule has 0 aromatic heterocycles. The van der Waals surface area contributed by atoms with Crippen LogP contribution in [0.1, 0.15) is 33.1 Å². The maximum absolute atomic E-state index is 12.5. The van der Waals surface area contributed by atoms with Crippen LogP contribution in [0, 0.1) is 11.8 Å². The lowest BCUT2D eigenvalue weighted by atomic mass is 9.88. The third-order valence-corrected chi connectivity index (χ3v) is 2.76. The monoisotopic (exact) mass is 280 g/mol. The fourth-order valence-electron chi connectivity index (χ4n) is 1.99. The van der Waals surface area contributed by atoms with Crippen LogP contribution in [0.25, 0.3) is 0 Å². The highest BCUT2D eigenvalue weighted by Crippen LogP contribution is 2.42. The average Bonchev–Trinajstić information content (AvgIpc) is 2.12. The Balaban J connectivity index is 4.95. The van der Waals surface area contributed by atoms with Crippen molar-refractivity contribution in [3.63, 3.8) is 0 Å². The van der Waals surface area contributed by atoms with Crippen molar-refractivity contribution >= 4 is 0 Å². The molecule has 0 bridgehead atoms.